The van der Waals surface area contributed by atoms with Gasteiger partial charge in [0.2, 0.25) is 0 Å². The molecule has 0 aliphatic heterocycles. The molecule has 1 aromatic heterocycles. The molecule has 0 fully saturated rings. The maximum atomic E-state index is 11.9. The average Bonchev–Trinajstić information content (AvgIpc) is 2.66. The highest BCUT2D eigenvalue weighted by Crippen LogP contribution is 2.42. The van der Waals surface area contributed by atoms with Gasteiger partial charge in [-0.25, -0.2) is 9.78 Å². The van der Waals surface area contributed by atoms with Crippen LogP contribution in [0.5, 0.6) is 17.2 Å². The van der Waals surface area contributed by atoms with E-state index in [1.807, 2.05) is 0 Å². The van der Waals surface area contributed by atoms with Crippen molar-refractivity contribution in [3.05, 3.63) is 42.0 Å². The van der Waals surface area contributed by atoms with E-state index in [2.05, 4.69) is 4.98 Å². The van der Waals surface area contributed by atoms with E-state index >= 15 is 0 Å². The van der Waals surface area contributed by atoms with Crippen LogP contribution in [0.2, 0.25) is 0 Å². The van der Waals surface area contributed by atoms with Crippen molar-refractivity contribution in [2.75, 3.05) is 27.1 Å². The Kier molecular flexibility index (Phi) is 4.53. The predicted molar refractivity (Wildman–Crippen MR) is 98.2 cm³/mol. The van der Waals surface area contributed by atoms with Gasteiger partial charge in [-0.05, 0) is 18.2 Å². The first-order valence-corrected chi connectivity index (χ1v) is 7.74. The molecule has 3 N–H and O–H groups in total. The van der Waals surface area contributed by atoms with Crippen molar-refractivity contribution in [3.8, 4) is 28.5 Å². The van der Waals surface area contributed by atoms with E-state index in [-0.39, 0.29) is 16.9 Å². The molecule has 0 atom stereocenters. The molecule has 0 aliphatic carbocycles. The highest BCUT2D eigenvalue weighted by Gasteiger charge is 2.24. The van der Waals surface area contributed by atoms with Crippen molar-refractivity contribution in [1.29, 1.82) is 0 Å². The van der Waals surface area contributed by atoms with Gasteiger partial charge in [-0.2, -0.15) is 0 Å². The maximum Gasteiger partial charge on any atom is 0.340 e. The summed E-state index contributed by atoms with van der Waals surface area (Å²) in [6.07, 6.45) is 0. The molecule has 2 aromatic carbocycles. The number of carboxylic acid groups (broad SMARTS) is 1. The fourth-order valence-corrected chi connectivity index (χ4v) is 2.93. The fourth-order valence-electron chi connectivity index (χ4n) is 2.93. The molecule has 134 valence electrons. The Morgan fingerprint density at radius 2 is 1.65 bits per heavy atom. The van der Waals surface area contributed by atoms with E-state index in [0.717, 1.165) is 0 Å². The van der Waals surface area contributed by atoms with E-state index in [0.29, 0.717) is 33.7 Å². The van der Waals surface area contributed by atoms with E-state index in [4.69, 9.17) is 19.9 Å². The van der Waals surface area contributed by atoms with Gasteiger partial charge >= 0.3 is 5.97 Å². The highest BCUT2D eigenvalue weighted by atomic mass is 16.5. The summed E-state index contributed by atoms with van der Waals surface area (Å²) in [5.74, 6) is 0.148. The Labute approximate surface area is 149 Å². The van der Waals surface area contributed by atoms with Crippen molar-refractivity contribution in [1.82, 2.24) is 4.98 Å². The predicted octanol–water partition coefficient (Wildman–Crippen LogP) is 3.21. The number of hydrogen-bond donors (Lipinski definition) is 2. The Bertz CT molecular complexity index is 1000. The number of nitrogen functional groups attached to an aromatic ring is 1. The van der Waals surface area contributed by atoms with Crippen LogP contribution in [0, 0.1) is 0 Å². The van der Waals surface area contributed by atoms with Crippen LogP contribution in [-0.4, -0.2) is 37.4 Å². The number of benzene rings is 2. The number of methoxy groups -OCH3 is 3. The summed E-state index contributed by atoms with van der Waals surface area (Å²) in [7, 11) is 4.50. The first kappa shape index (κ1) is 17.3. The van der Waals surface area contributed by atoms with Gasteiger partial charge in [0.1, 0.15) is 16.8 Å². The number of aromatic nitrogens is 1. The summed E-state index contributed by atoms with van der Waals surface area (Å²) in [4.78, 5) is 16.5. The Balaban J connectivity index is 2.46. The monoisotopic (exact) mass is 354 g/mol. The summed E-state index contributed by atoms with van der Waals surface area (Å²) in [6.45, 7) is 0. The number of ether oxygens (including phenoxy) is 3. The third kappa shape index (κ3) is 2.63. The molecule has 7 heteroatoms. The lowest BCUT2D eigenvalue weighted by molar-refractivity contribution is 0.0698. The van der Waals surface area contributed by atoms with Crippen LogP contribution in [0.3, 0.4) is 0 Å². The van der Waals surface area contributed by atoms with Crippen molar-refractivity contribution >= 4 is 22.6 Å². The fraction of sp³-hybridized carbons (Fsp3) is 0.158. The normalized spacial score (nSPS) is 10.6. The van der Waals surface area contributed by atoms with Crippen LogP contribution in [0.4, 0.5) is 5.69 Å². The Hall–Kier alpha value is -3.48. The van der Waals surface area contributed by atoms with Gasteiger partial charge in [-0.3, -0.25) is 0 Å². The number of carboxylic acids is 1. The largest absolute Gasteiger partial charge is 0.494 e. The van der Waals surface area contributed by atoms with Gasteiger partial charge < -0.3 is 25.1 Å². The number of rotatable bonds is 5. The molecule has 3 aromatic rings. The zero-order valence-electron chi connectivity index (χ0n) is 14.6. The van der Waals surface area contributed by atoms with Crippen molar-refractivity contribution in [3.63, 3.8) is 0 Å². The summed E-state index contributed by atoms with van der Waals surface area (Å²) in [5, 5.41) is 10.3. The Morgan fingerprint density at radius 3 is 2.27 bits per heavy atom. The Morgan fingerprint density at radius 1 is 1.00 bits per heavy atom. The molecule has 0 aliphatic rings. The first-order chi connectivity index (χ1) is 12.5. The number of nitrogens with two attached hydrogens (primary N) is 1. The lowest BCUT2D eigenvalue weighted by Crippen LogP contribution is -2.09. The third-order valence-corrected chi connectivity index (χ3v) is 4.11. The standard InChI is InChI=1S/C19H18N2O5/c1-24-12-8-4-6-10-15(20)14(19(22)23)17(21-16(10)12)11-7-5-9-13(25-2)18(11)26-3/h4-9H,1-3H3,(H2,20,21)(H,22,23). The van der Waals surface area contributed by atoms with Gasteiger partial charge in [-0.15, -0.1) is 0 Å². The number of fused-ring (bicyclic) bond motifs is 1. The zero-order valence-corrected chi connectivity index (χ0v) is 14.6. The zero-order chi connectivity index (χ0) is 18.8. The molecule has 1 heterocycles. The minimum Gasteiger partial charge on any atom is -0.494 e. The molecule has 7 nitrogen and oxygen atoms in total. The summed E-state index contributed by atoms with van der Waals surface area (Å²) >= 11 is 0. The average molecular weight is 354 g/mol. The summed E-state index contributed by atoms with van der Waals surface area (Å²) < 4.78 is 16.1. The van der Waals surface area contributed by atoms with Crippen molar-refractivity contribution in [2.45, 2.75) is 0 Å². The van der Waals surface area contributed by atoms with E-state index in [1.54, 1.807) is 36.4 Å². The minimum atomic E-state index is -1.18. The van der Waals surface area contributed by atoms with Crippen LogP contribution in [0.15, 0.2) is 36.4 Å². The molecule has 0 unspecified atom stereocenters. The molecular formula is C19H18N2O5. The lowest BCUT2D eigenvalue weighted by Gasteiger charge is -2.16. The molecule has 0 saturated heterocycles. The quantitative estimate of drug-likeness (QED) is 0.725. The number of aromatic carboxylic acids is 1. The second-order valence-electron chi connectivity index (χ2n) is 5.45. The van der Waals surface area contributed by atoms with E-state index < -0.39 is 5.97 Å². The van der Waals surface area contributed by atoms with Gasteiger partial charge in [0.05, 0.1) is 32.7 Å². The number of para-hydroxylation sites is 2. The second-order valence-corrected chi connectivity index (χ2v) is 5.45. The van der Waals surface area contributed by atoms with Crippen LogP contribution in [0.25, 0.3) is 22.2 Å². The molecule has 0 saturated carbocycles. The van der Waals surface area contributed by atoms with Crippen molar-refractivity contribution < 1.29 is 24.1 Å². The van der Waals surface area contributed by atoms with Gasteiger partial charge in [-0.1, -0.05) is 18.2 Å². The van der Waals surface area contributed by atoms with Crippen LogP contribution in [0.1, 0.15) is 10.4 Å². The molecule has 0 spiro atoms. The lowest BCUT2D eigenvalue weighted by atomic mass is 9.99. The van der Waals surface area contributed by atoms with Gasteiger partial charge in [0.15, 0.2) is 11.5 Å². The smallest absolute Gasteiger partial charge is 0.340 e. The molecule has 0 amide bonds. The number of carbonyl (C=O) groups is 1. The van der Waals surface area contributed by atoms with E-state index in [9.17, 15) is 9.90 Å². The molecular weight excluding hydrogens is 336 g/mol. The van der Waals surface area contributed by atoms with Crippen molar-refractivity contribution in [2.24, 2.45) is 0 Å². The molecule has 3 rings (SSSR count). The number of hydrogen-bond acceptors (Lipinski definition) is 6. The SMILES string of the molecule is COc1cccc(-c2nc3c(OC)cccc3c(N)c2C(=O)O)c1OC. The number of nitrogens with zero attached hydrogens (tertiary/aromatic N) is 1. The summed E-state index contributed by atoms with van der Waals surface area (Å²) in [6, 6.07) is 10.3. The first-order valence-electron chi connectivity index (χ1n) is 7.74. The van der Waals surface area contributed by atoms with Crippen LogP contribution >= 0.6 is 0 Å². The second kappa shape index (κ2) is 6.79. The molecule has 0 bridgehead atoms. The number of pyridine rings is 1. The van der Waals surface area contributed by atoms with Crippen LogP contribution < -0.4 is 19.9 Å². The topological polar surface area (TPSA) is 104 Å². The van der Waals surface area contributed by atoms with E-state index in [1.165, 1.54) is 21.3 Å². The highest BCUT2D eigenvalue weighted by molar-refractivity contribution is 6.10. The van der Waals surface area contributed by atoms with Crippen LogP contribution in [-0.2, 0) is 0 Å². The van der Waals surface area contributed by atoms with Gasteiger partial charge in [0, 0.05) is 10.9 Å². The maximum absolute atomic E-state index is 11.9. The third-order valence-electron chi connectivity index (χ3n) is 4.11. The number of anilines is 1. The molecule has 26 heavy (non-hydrogen) atoms. The minimum absolute atomic E-state index is 0.0997. The molecule has 0 radical (unpaired) electrons. The summed E-state index contributed by atoms with van der Waals surface area (Å²) in [5.41, 5.74) is 7.32. The van der Waals surface area contributed by atoms with Gasteiger partial charge in [0.25, 0.3) is 0 Å².